The number of benzene rings is 1. The molecule has 2 atom stereocenters. The van der Waals surface area contributed by atoms with Gasteiger partial charge in [-0.1, -0.05) is 6.58 Å². The number of fused-ring (bicyclic) bond motifs is 1. The average molecular weight is 399 g/mol. The SMILES string of the molecule is C=C(C)C(CS(=O)c1nc2ccc(-n3cccc3)cc2[nH]1)=NCCC(C)OC. The Morgan fingerprint density at radius 1 is 1.39 bits per heavy atom. The Labute approximate surface area is 167 Å². The van der Waals surface area contributed by atoms with Gasteiger partial charge in [-0.25, -0.2) is 4.98 Å². The molecular formula is C21H26N4O2S. The first kappa shape index (κ1) is 20.2. The smallest absolute Gasteiger partial charge is 0.197 e. The summed E-state index contributed by atoms with van der Waals surface area (Å²) in [6.45, 7) is 8.48. The first-order chi connectivity index (χ1) is 13.5. The molecule has 3 aromatic rings. The number of ether oxygens (including phenoxy) is 1. The molecule has 2 aromatic heterocycles. The number of rotatable bonds is 9. The van der Waals surface area contributed by atoms with Gasteiger partial charge in [-0.15, -0.1) is 0 Å². The molecule has 0 amide bonds. The second-order valence-electron chi connectivity index (χ2n) is 6.77. The molecule has 28 heavy (non-hydrogen) atoms. The molecule has 1 N–H and O–H groups in total. The number of nitrogens with zero attached hydrogens (tertiary/aromatic N) is 3. The molecule has 0 spiro atoms. The Morgan fingerprint density at radius 3 is 2.82 bits per heavy atom. The maximum absolute atomic E-state index is 12.9. The largest absolute Gasteiger partial charge is 0.382 e. The minimum atomic E-state index is -1.32. The van der Waals surface area contributed by atoms with Gasteiger partial charge in [0.15, 0.2) is 5.16 Å². The van der Waals surface area contributed by atoms with Gasteiger partial charge in [0.25, 0.3) is 0 Å². The summed E-state index contributed by atoms with van der Waals surface area (Å²) in [6, 6.07) is 9.88. The molecule has 3 rings (SSSR count). The first-order valence-electron chi connectivity index (χ1n) is 9.21. The zero-order valence-electron chi connectivity index (χ0n) is 16.5. The normalized spacial score (nSPS) is 14.3. The molecule has 2 unspecified atom stereocenters. The molecule has 0 bridgehead atoms. The second-order valence-corrected chi connectivity index (χ2v) is 8.13. The Hall–Kier alpha value is -2.51. The van der Waals surface area contributed by atoms with Crippen LogP contribution in [0.1, 0.15) is 20.3 Å². The van der Waals surface area contributed by atoms with Crippen molar-refractivity contribution < 1.29 is 8.95 Å². The number of aliphatic imine (C=N–C) groups is 1. The summed E-state index contributed by atoms with van der Waals surface area (Å²) in [4.78, 5) is 12.3. The van der Waals surface area contributed by atoms with Gasteiger partial charge in [-0.2, -0.15) is 0 Å². The van der Waals surface area contributed by atoms with Crippen LogP contribution in [0.3, 0.4) is 0 Å². The summed E-state index contributed by atoms with van der Waals surface area (Å²) in [5, 5.41) is 0.457. The molecule has 2 heterocycles. The van der Waals surface area contributed by atoms with Gasteiger partial charge in [0.1, 0.15) is 0 Å². The maximum Gasteiger partial charge on any atom is 0.197 e. The molecular weight excluding hydrogens is 372 g/mol. The number of nitrogens with one attached hydrogen (secondary N) is 1. The molecule has 0 radical (unpaired) electrons. The molecule has 7 heteroatoms. The quantitative estimate of drug-likeness (QED) is 0.556. The number of allylic oxidation sites excluding steroid dienone is 1. The van der Waals surface area contributed by atoms with E-state index in [0.29, 0.717) is 17.5 Å². The molecule has 0 aliphatic heterocycles. The van der Waals surface area contributed by atoms with E-state index < -0.39 is 10.8 Å². The van der Waals surface area contributed by atoms with Crippen molar-refractivity contribution >= 4 is 27.5 Å². The maximum atomic E-state index is 12.9. The van der Waals surface area contributed by atoms with Crippen molar-refractivity contribution in [3.63, 3.8) is 0 Å². The summed E-state index contributed by atoms with van der Waals surface area (Å²) >= 11 is 0. The van der Waals surface area contributed by atoms with E-state index in [2.05, 4.69) is 21.5 Å². The summed E-state index contributed by atoms with van der Waals surface area (Å²) in [5.74, 6) is 0.293. The molecule has 1 aromatic carbocycles. The van der Waals surface area contributed by atoms with Crippen LogP contribution in [0.2, 0.25) is 0 Å². The second kappa shape index (κ2) is 9.12. The van der Waals surface area contributed by atoms with Crippen LogP contribution in [0, 0.1) is 0 Å². The molecule has 148 valence electrons. The minimum Gasteiger partial charge on any atom is -0.382 e. The van der Waals surface area contributed by atoms with Gasteiger partial charge in [0.05, 0.1) is 39.4 Å². The highest BCUT2D eigenvalue weighted by Gasteiger charge is 2.14. The summed E-state index contributed by atoms with van der Waals surface area (Å²) < 4.78 is 20.1. The zero-order valence-corrected chi connectivity index (χ0v) is 17.3. The van der Waals surface area contributed by atoms with Crippen molar-refractivity contribution in [1.29, 1.82) is 0 Å². The highest BCUT2D eigenvalue weighted by atomic mass is 32.2. The van der Waals surface area contributed by atoms with E-state index in [1.54, 1.807) is 7.11 Å². The number of hydrogen-bond donors (Lipinski definition) is 1. The summed E-state index contributed by atoms with van der Waals surface area (Å²) in [6.07, 6.45) is 4.92. The minimum absolute atomic E-state index is 0.144. The molecule has 0 saturated heterocycles. The van der Waals surface area contributed by atoms with Crippen LogP contribution in [0.15, 0.2) is 65.0 Å². The van der Waals surface area contributed by atoms with E-state index in [0.717, 1.165) is 34.4 Å². The lowest BCUT2D eigenvalue weighted by Gasteiger charge is -2.08. The number of aromatic nitrogens is 3. The van der Waals surface area contributed by atoms with Crippen LogP contribution < -0.4 is 0 Å². The van der Waals surface area contributed by atoms with E-state index >= 15 is 0 Å². The average Bonchev–Trinajstić information content (AvgIpc) is 3.35. The number of methoxy groups -OCH3 is 1. The fraction of sp³-hybridized carbons (Fsp3) is 0.333. The van der Waals surface area contributed by atoms with Gasteiger partial charge in [0.2, 0.25) is 0 Å². The van der Waals surface area contributed by atoms with Crippen molar-refractivity contribution in [1.82, 2.24) is 14.5 Å². The Bertz CT molecular complexity index is 1000. The molecule has 0 fully saturated rings. The van der Waals surface area contributed by atoms with Gasteiger partial charge >= 0.3 is 0 Å². The fourth-order valence-electron chi connectivity index (χ4n) is 2.74. The number of H-pyrrole nitrogens is 1. The third-order valence-electron chi connectivity index (χ3n) is 4.56. The van der Waals surface area contributed by atoms with Crippen molar-refractivity contribution in [3.8, 4) is 5.69 Å². The number of imidazole rings is 1. The number of aromatic amines is 1. The Balaban J connectivity index is 1.76. The van der Waals surface area contributed by atoms with Crippen LogP contribution in [0.4, 0.5) is 0 Å². The highest BCUT2D eigenvalue weighted by Crippen LogP contribution is 2.19. The Kier molecular flexibility index (Phi) is 6.59. The topological polar surface area (TPSA) is 72.3 Å². The molecule has 0 aliphatic carbocycles. The monoisotopic (exact) mass is 398 g/mol. The van der Waals surface area contributed by atoms with Gasteiger partial charge in [0, 0.05) is 31.7 Å². The fourth-order valence-corrected chi connectivity index (χ4v) is 3.89. The van der Waals surface area contributed by atoms with Crippen molar-refractivity contribution in [2.75, 3.05) is 19.4 Å². The van der Waals surface area contributed by atoms with E-state index in [1.165, 1.54) is 0 Å². The third kappa shape index (κ3) is 4.85. The lowest BCUT2D eigenvalue weighted by atomic mass is 10.2. The van der Waals surface area contributed by atoms with Crippen LogP contribution >= 0.6 is 0 Å². The van der Waals surface area contributed by atoms with E-state index in [9.17, 15) is 4.21 Å². The van der Waals surface area contributed by atoms with Crippen LogP contribution in [-0.4, -0.2) is 50.0 Å². The first-order valence-corrected chi connectivity index (χ1v) is 10.5. The van der Waals surface area contributed by atoms with Gasteiger partial charge in [-0.05, 0) is 56.2 Å². The Morgan fingerprint density at radius 2 is 2.14 bits per heavy atom. The lowest BCUT2D eigenvalue weighted by Crippen LogP contribution is -2.15. The molecule has 6 nitrogen and oxygen atoms in total. The molecule has 0 aliphatic rings. The van der Waals surface area contributed by atoms with Crippen molar-refractivity contribution in [2.45, 2.75) is 31.5 Å². The summed E-state index contributed by atoms with van der Waals surface area (Å²) in [7, 11) is 0.365. The highest BCUT2D eigenvalue weighted by molar-refractivity contribution is 7.85. The number of hydrogen-bond acceptors (Lipinski definition) is 4. The van der Waals surface area contributed by atoms with Crippen molar-refractivity contribution in [3.05, 3.63) is 54.9 Å². The van der Waals surface area contributed by atoms with E-state index in [-0.39, 0.29) is 6.10 Å². The molecule has 0 saturated carbocycles. The summed E-state index contributed by atoms with van der Waals surface area (Å²) in [5.41, 5.74) is 4.26. The van der Waals surface area contributed by atoms with E-state index in [4.69, 9.17) is 4.74 Å². The predicted octanol–water partition coefficient (Wildman–Crippen LogP) is 3.90. The van der Waals surface area contributed by atoms with Crippen LogP contribution in [0.25, 0.3) is 16.7 Å². The van der Waals surface area contributed by atoms with Crippen LogP contribution in [-0.2, 0) is 15.5 Å². The van der Waals surface area contributed by atoms with Gasteiger partial charge < -0.3 is 14.3 Å². The zero-order chi connectivity index (χ0) is 20.1. The standard InChI is InChI=1S/C21H26N4O2S/c1-15(2)20(22-10-9-16(3)27-4)14-28(26)21-23-18-8-7-17(13-19(18)24-21)25-11-5-6-12-25/h5-8,11-13,16H,1,9-10,14H2,2-4H3,(H,23,24). The van der Waals surface area contributed by atoms with Crippen molar-refractivity contribution in [2.24, 2.45) is 4.99 Å². The van der Waals surface area contributed by atoms with Crippen LogP contribution in [0.5, 0.6) is 0 Å². The van der Waals surface area contributed by atoms with E-state index in [1.807, 2.05) is 61.1 Å². The predicted molar refractivity (Wildman–Crippen MR) is 115 cm³/mol. The lowest BCUT2D eigenvalue weighted by molar-refractivity contribution is 0.113. The third-order valence-corrected chi connectivity index (χ3v) is 5.72. The van der Waals surface area contributed by atoms with Gasteiger partial charge in [-0.3, -0.25) is 9.20 Å².